The Bertz CT molecular complexity index is 1610. The highest BCUT2D eigenvalue weighted by Crippen LogP contribution is 2.48. The molecular weight excluding hydrogens is 476 g/mol. The summed E-state index contributed by atoms with van der Waals surface area (Å²) in [5, 5.41) is 3.89. The highest BCUT2D eigenvalue weighted by Gasteiger charge is 2.39. The van der Waals surface area contributed by atoms with Crippen molar-refractivity contribution < 1.29 is 0 Å². The fraction of sp³-hybridized carbons (Fsp3) is 0.200. The molecule has 1 N–H and O–H groups in total. The first kappa shape index (κ1) is 22.5. The molecule has 192 valence electrons. The number of likely N-dealkylation sites (N-methyl/N-ethyl adjacent to an activating group) is 1. The van der Waals surface area contributed by atoms with Gasteiger partial charge in [0.15, 0.2) is 0 Å². The topological polar surface area (TPSA) is 21.8 Å². The Morgan fingerprint density at radius 2 is 1.64 bits per heavy atom. The Kier molecular flexibility index (Phi) is 5.09. The van der Waals surface area contributed by atoms with Gasteiger partial charge in [0, 0.05) is 52.7 Å². The zero-order valence-electron chi connectivity index (χ0n) is 22.2. The van der Waals surface area contributed by atoms with Gasteiger partial charge in [-0.1, -0.05) is 60.7 Å². The highest BCUT2D eigenvalue weighted by atomic mass is 15.3. The van der Waals surface area contributed by atoms with Crippen molar-refractivity contribution >= 4 is 17.1 Å². The van der Waals surface area contributed by atoms with Crippen molar-refractivity contribution in [1.29, 1.82) is 0 Å². The second-order valence-corrected chi connectivity index (χ2v) is 11.0. The van der Waals surface area contributed by atoms with Crippen LogP contribution in [0.1, 0.15) is 31.2 Å². The summed E-state index contributed by atoms with van der Waals surface area (Å²) in [7, 11) is 2.26. The fourth-order valence-electron chi connectivity index (χ4n) is 6.94. The smallest absolute Gasteiger partial charge is 0.123 e. The van der Waals surface area contributed by atoms with Gasteiger partial charge in [0.1, 0.15) is 6.17 Å². The molecule has 4 aliphatic heterocycles. The molecule has 39 heavy (non-hydrogen) atoms. The van der Waals surface area contributed by atoms with Gasteiger partial charge in [-0.2, -0.15) is 0 Å². The molecule has 0 amide bonds. The van der Waals surface area contributed by atoms with Gasteiger partial charge in [-0.25, -0.2) is 0 Å². The van der Waals surface area contributed by atoms with Crippen molar-refractivity contribution in [3.05, 3.63) is 149 Å². The van der Waals surface area contributed by atoms with E-state index in [0.29, 0.717) is 0 Å². The minimum absolute atomic E-state index is 0.0590. The number of nitrogens with one attached hydrogen (secondary N) is 1. The molecule has 4 nitrogen and oxygen atoms in total. The van der Waals surface area contributed by atoms with E-state index in [1.165, 1.54) is 56.4 Å². The van der Waals surface area contributed by atoms with Crippen LogP contribution in [0.25, 0.3) is 5.70 Å². The van der Waals surface area contributed by atoms with Crippen LogP contribution in [0.15, 0.2) is 143 Å². The number of nitrogens with zero attached hydrogens (tertiary/aromatic N) is 3. The molecule has 0 aromatic heterocycles. The number of rotatable bonds is 2. The summed E-state index contributed by atoms with van der Waals surface area (Å²) in [4.78, 5) is 7.40. The van der Waals surface area contributed by atoms with Gasteiger partial charge >= 0.3 is 0 Å². The highest BCUT2D eigenvalue weighted by molar-refractivity contribution is 5.89. The number of allylic oxidation sites excluding steroid dienone is 10. The predicted octanol–water partition coefficient (Wildman–Crippen LogP) is 7.14. The second-order valence-electron chi connectivity index (χ2n) is 11.0. The first-order valence-electron chi connectivity index (χ1n) is 14.1. The molecule has 4 heteroatoms. The van der Waals surface area contributed by atoms with E-state index in [0.717, 1.165) is 25.7 Å². The maximum absolute atomic E-state index is 3.89. The van der Waals surface area contributed by atoms with E-state index >= 15 is 0 Å². The monoisotopic (exact) mass is 508 g/mol. The SMILES string of the molecule is CN1C2=C(C=C3C1C=CN3c1ccccc1)C1=C(CCC=C1)N(C1C=CC3=C(C=CCC3)N1)c1ccccc12. The van der Waals surface area contributed by atoms with Gasteiger partial charge in [0.05, 0.1) is 17.4 Å². The summed E-state index contributed by atoms with van der Waals surface area (Å²) < 4.78 is 0. The standard InChI is InChI=1S/C35H32N4/c1-37-32-21-22-38(25-12-3-2-4-13-25)33(32)23-28-26-14-6-9-17-30(26)39(31-18-10-7-15-27(31)35(28)37)34-20-19-24-11-5-8-16-29(24)36-34/h2-4,6-8,10,12-16,18-23,32,34,36H,5,9,11,17H2,1H3. The quantitative estimate of drug-likeness (QED) is 0.465. The van der Waals surface area contributed by atoms with Gasteiger partial charge in [0.2, 0.25) is 0 Å². The molecule has 2 unspecified atom stereocenters. The van der Waals surface area contributed by atoms with Crippen molar-refractivity contribution in [1.82, 2.24) is 10.2 Å². The first-order valence-corrected chi connectivity index (χ1v) is 14.1. The number of para-hydroxylation sites is 2. The predicted molar refractivity (Wildman–Crippen MR) is 160 cm³/mol. The van der Waals surface area contributed by atoms with E-state index in [-0.39, 0.29) is 12.2 Å². The number of hydrogen-bond donors (Lipinski definition) is 1. The van der Waals surface area contributed by atoms with Gasteiger partial charge in [0.25, 0.3) is 0 Å². The molecule has 0 saturated carbocycles. The molecule has 0 bridgehead atoms. The molecule has 2 aromatic rings. The van der Waals surface area contributed by atoms with Crippen LogP contribution in [0.2, 0.25) is 0 Å². The third-order valence-corrected chi connectivity index (χ3v) is 8.77. The van der Waals surface area contributed by atoms with Gasteiger partial charge in [-0.3, -0.25) is 0 Å². The van der Waals surface area contributed by atoms with Gasteiger partial charge < -0.3 is 20.0 Å². The summed E-state index contributed by atoms with van der Waals surface area (Å²) in [6, 6.07) is 19.9. The zero-order valence-corrected chi connectivity index (χ0v) is 22.2. The number of hydrogen-bond acceptors (Lipinski definition) is 4. The molecule has 4 heterocycles. The average molecular weight is 509 g/mol. The van der Waals surface area contributed by atoms with Crippen LogP contribution >= 0.6 is 0 Å². The van der Waals surface area contributed by atoms with Crippen molar-refractivity contribution in [3.63, 3.8) is 0 Å². The van der Waals surface area contributed by atoms with Crippen LogP contribution < -0.4 is 15.1 Å². The Morgan fingerprint density at radius 3 is 2.56 bits per heavy atom. The molecule has 0 fully saturated rings. The molecular formula is C35H32N4. The lowest BCUT2D eigenvalue weighted by molar-refractivity contribution is 0.443. The number of anilines is 2. The van der Waals surface area contributed by atoms with Crippen molar-refractivity contribution in [3.8, 4) is 0 Å². The minimum Gasteiger partial charge on any atom is -0.361 e. The number of fused-ring (bicyclic) bond motifs is 4. The molecule has 2 aromatic carbocycles. The Balaban J connectivity index is 1.31. The molecule has 0 spiro atoms. The summed E-state index contributed by atoms with van der Waals surface area (Å²) in [6.07, 6.45) is 25.3. The van der Waals surface area contributed by atoms with E-state index in [1.54, 1.807) is 0 Å². The number of dihydropyridines is 1. The van der Waals surface area contributed by atoms with Crippen molar-refractivity contribution in [2.45, 2.75) is 37.9 Å². The largest absolute Gasteiger partial charge is 0.361 e. The Labute approximate surface area is 230 Å². The third kappa shape index (κ3) is 3.44. The molecule has 0 saturated heterocycles. The summed E-state index contributed by atoms with van der Waals surface area (Å²) in [6.45, 7) is 0. The Hall–Kier alpha value is -4.44. The van der Waals surface area contributed by atoms with E-state index in [1.807, 2.05) is 0 Å². The third-order valence-electron chi connectivity index (χ3n) is 8.77. The van der Waals surface area contributed by atoms with Crippen LogP contribution in [-0.2, 0) is 0 Å². The normalized spacial score (nSPS) is 24.6. The van der Waals surface area contributed by atoms with E-state index in [9.17, 15) is 0 Å². The lowest BCUT2D eigenvalue weighted by Gasteiger charge is -2.39. The van der Waals surface area contributed by atoms with Gasteiger partial charge in [-0.05, 0) is 73.8 Å². The summed E-state index contributed by atoms with van der Waals surface area (Å²) >= 11 is 0. The van der Waals surface area contributed by atoms with Crippen LogP contribution in [0.4, 0.5) is 11.4 Å². The fourth-order valence-corrected chi connectivity index (χ4v) is 6.94. The maximum atomic E-state index is 3.89. The van der Waals surface area contributed by atoms with Crippen molar-refractivity contribution in [2.24, 2.45) is 0 Å². The van der Waals surface area contributed by atoms with E-state index in [2.05, 4.69) is 136 Å². The first-order chi connectivity index (χ1) is 19.3. The van der Waals surface area contributed by atoms with Crippen LogP contribution in [-0.4, -0.2) is 24.2 Å². The van der Waals surface area contributed by atoms with Crippen LogP contribution in [0.5, 0.6) is 0 Å². The van der Waals surface area contributed by atoms with Crippen molar-refractivity contribution in [2.75, 3.05) is 16.8 Å². The summed E-state index contributed by atoms with van der Waals surface area (Å²) in [5.41, 5.74) is 13.1. The van der Waals surface area contributed by atoms with E-state index in [4.69, 9.17) is 0 Å². The number of benzene rings is 2. The Morgan fingerprint density at radius 1 is 0.821 bits per heavy atom. The lowest BCUT2D eigenvalue weighted by Crippen LogP contribution is -2.46. The maximum Gasteiger partial charge on any atom is 0.123 e. The van der Waals surface area contributed by atoms with Crippen LogP contribution in [0.3, 0.4) is 0 Å². The summed E-state index contributed by atoms with van der Waals surface area (Å²) in [5.74, 6) is 0. The second kappa shape index (κ2) is 8.81. The molecule has 6 aliphatic rings. The molecule has 2 atom stereocenters. The molecule has 0 radical (unpaired) electrons. The van der Waals surface area contributed by atoms with E-state index < -0.39 is 0 Å². The zero-order chi connectivity index (χ0) is 25.9. The minimum atomic E-state index is 0.0590. The molecule has 2 aliphatic carbocycles. The van der Waals surface area contributed by atoms with Gasteiger partial charge in [-0.15, -0.1) is 0 Å². The lowest BCUT2D eigenvalue weighted by atomic mass is 9.89. The molecule has 8 rings (SSSR count). The van der Waals surface area contributed by atoms with Crippen LogP contribution in [0, 0.1) is 0 Å². The average Bonchev–Trinajstić information content (AvgIpc) is 3.38.